The van der Waals surface area contributed by atoms with E-state index in [1.807, 2.05) is 0 Å². The van der Waals surface area contributed by atoms with Crippen molar-refractivity contribution in [3.05, 3.63) is 77.6 Å². The quantitative estimate of drug-likeness (QED) is 0.224. The fraction of sp³-hybridized carbons (Fsp3) is 0.276. The molecule has 0 fully saturated rings. The lowest BCUT2D eigenvalue weighted by Crippen LogP contribution is -2.38. The van der Waals surface area contributed by atoms with Crippen LogP contribution in [-0.4, -0.2) is 69.2 Å². The molecular weight excluding hydrogens is 603 g/mol. The molecule has 0 aliphatic carbocycles. The van der Waals surface area contributed by atoms with Crippen molar-refractivity contribution in [3.63, 3.8) is 0 Å². The maximum atomic E-state index is 14.3. The van der Waals surface area contributed by atoms with E-state index in [0.29, 0.717) is 22.3 Å². The molecule has 3 N–H and O–H groups in total. The number of hydrogen-bond donors (Lipinski definition) is 2. The summed E-state index contributed by atoms with van der Waals surface area (Å²) in [6, 6.07) is 13.3. The van der Waals surface area contributed by atoms with Gasteiger partial charge in [-0.25, -0.2) is 14.3 Å². The number of nitrogens with zero attached hydrogens (tertiary/aromatic N) is 4. The first-order valence-corrected chi connectivity index (χ1v) is 15.3. The van der Waals surface area contributed by atoms with Crippen LogP contribution in [0.25, 0.3) is 11.0 Å². The van der Waals surface area contributed by atoms with Crippen LogP contribution in [0.5, 0.6) is 5.75 Å². The van der Waals surface area contributed by atoms with Crippen molar-refractivity contribution >= 4 is 44.9 Å². The number of para-hydroxylation sites is 2. The van der Waals surface area contributed by atoms with E-state index in [9.17, 15) is 32.1 Å². The van der Waals surface area contributed by atoms with Crippen molar-refractivity contribution in [2.24, 2.45) is 5.73 Å². The Bertz CT molecular complexity index is 1690. The number of ether oxygens (including phenoxy) is 2. The van der Waals surface area contributed by atoms with Crippen LogP contribution >= 0.6 is 10.3 Å². The average Bonchev–Trinajstić information content (AvgIpc) is 3.36. The first-order chi connectivity index (χ1) is 20.7. The topological polar surface area (TPSA) is 150 Å². The minimum Gasteiger partial charge on any atom is -0.484 e. The molecule has 2 aromatic heterocycles. The van der Waals surface area contributed by atoms with Crippen molar-refractivity contribution in [1.29, 1.82) is 0 Å². The fourth-order valence-electron chi connectivity index (χ4n) is 4.38. The Kier molecular flexibility index (Phi) is 9.49. The number of esters is 1. The summed E-state index contributed by atoms with van der Waals surface area (Å²) in [6.45, 7) is 1.03. The summed E-state index contributed by atoms with van der Waals surface area (Å²) in [5, 5.41) is 0.0118. The van der Waals surface area contributed by atoms with E-state index >= 15 is 0 Å². The van der Waals surface area contributed by atoms with Gasteiger partial charge >= 0.3 is 18.2 Å². The number of halogens is 3. The van der Waals surface area contributed by atoms with Gasteiger partial charge in [0.25, 0.3) is 0 Å². The van der Waals surface area contributed by atoms with E-state index in [2.05, 4.69) is 9.97 Å². The summed E-state index contributed by atoms with van der Waals surface area (Å²) in [5.41, 5.74) is 7.27. The van der Waals surface area contributed by atoms with Crippen molar-refractivity contribution in [1.82, 2.24) is 14.5 Å². The second-order valence-electron chi connectivity index (χ2n) is 9.87. The number of carbonyl (C=O) groups excluding carboxylic acids is 3. The van der Waals surface area contributed by atoms with Crippen molar-refractivity contribution in [2.75, 3.05) is 30.9 Å². The predicted molar refractivity (Wildman–Crippen MR) is 158 cm³/mol. The Balaban J connectivity index is 1.77. The van der Waals surface area contributed by atoms with Crippen LogP contribution in [0.4, 0.5) is 23.7 Å². The van der Waals surface area contributed by atoms with E-state index in [4.69, 9.17) is 15.2 Å². The van der Waals surface area contributed by atoms with Crippen LogP contribution in [-0.2, 0) is 15.3 Å². The Morgan fingerprint density at radius 2 is 1.77 bits per heavy atom. The highest BCUT2D eigenvalue weighted by molar-refractivity contribution is 8.27. The summed E-state index contributed by atoms with van der Waals surface area (Å²) in [4.78, 5) is 47.5. The van der Waals surface area contributed by atoms with E-state index in [1.165, 1.54) is 66.1 Å². The molecule has 0 saturated heterocycles. The zero-order valence-corrected chi connectivity index (χ0v) is 24.8. The molecule has 11 nitrogen and oxygen atoms in total. The number of anilines is 1. The Morgan fingerprint density at radius 3 is 2.41 bits per heavy atom. The number of imidazole rings is 1. The third-order valence-corrected chi connectivity index (χ3v) is 8.39. The molecule has 234 valence electrons. The van der Waals surface area contributed by atoms with Gasteiger partial charge in [-0.05, 0) is 55.6 Å². The minimum absolute atomic E-state index is 0.0118. The SMILES string of the molecule is CC(=O)OCCN(C(=O)n1c(S(C)(O)Cc2nccc(OCC(F)(F)F)c2C)nc2ccccc21)c1ccc(C(N)=O)cc1. The van der Waals surface area contributed by atoms with Gasteiger partial charge in [0.1, 0.15) is 12.4 Å². The normalized spacial score (nSPS) is 13.6. The van der Waals surface area contributed by atoms with Crippen molar-refractivity contribution in [2.45, 2.75) is 30.9 Å². The third kappa shape index (κ3) is 7.47. The Labute approximate surface area is 251 Å². The van der Waals surface area contributed by atoms with Gasteiger partial charge in [-0.15, -0.1) is 0 Å². The number of pyridine rings is 1. The number of nitrogens with two attached hydrogens (primary N) is 1. The zero-order valence-electron chi connectivity index (χ0n) is 24.0. The summed E-state index contributed by atoms with van der Waals surface area (Å²) < 4.78 is 61.5. The molecule has 0 spiro atoms. The maximum Gasteiger partial charge on any atom is 0.422 e. The smallest absolute Gasteiger partial charge is 0.422 e. The largest absolute Gasteiger partial charge is 0.484 e. The molecule has 0 aliphatic heterocycles. The summed E-state index contributed by atoms with van der Waals surface area (Å²) >= 11 is 0. The number of alkyl halides is 3. The maximum absolute atomic E-state index is 14.3. The lowest BCUT2D eigenvalue weighted by Gasteiger charge is -2.31. The number of amides is 2. The van der Waals surface area contributed by atoms with Gasteiger partial charge in [0.05, 0.1) is 23.3 Å². The van der Waals surface area contributed by atoms with Gasteiger partial charge in [0, 0.05) is 35.7 Å². The monoisotopic (exact) mass is 633 g/mol. The molecule has 1 atom stereocenters. The molecule has 15 heteroatoms. The lowest BCUT2D eigenvalue weighted by atomic mass is 10.2. The van der Waals surface area contributed by atoms with Crippen LogP contribution in [0.2, 0.25) is 0 Å². The number of aromatic nitrogens is 3. The first kappa shape index (κ1) is 32.3. The molecule has 0 aliphatic rings. The van der Waals surface area contributed by atoms with E-state index in [-0.39, 0.29) is 41.1 Å². The van der Waals surface area contributed by atoms with Gasteiger partial charge in [-0.3, -0.25) is 19.5 Å². The van der Waals surface area contributed by atoms with Gasteiger partial charge in [0.2, 0.25) is 5.91 Å². The summed E-state index contributed by atoms with van der Waals surface area (Å²) in [6.07, 6.45) is -1.77. The molecule has 4 rings (SSSR count). The second kappa shape index (κ2) is 12.9. The molecule has 2 amide bonds. The van der Waals surface area contributed by atoms with E-state index < -0.39 is 41.0 Å². The van der Waals surface area contributed by atoms with Crippen LogP contribution in [0.1, 0.15) is 28.5 Å². The molecule has 1 unspecified atom stereocenters. The molecule has 2 heterocycles. The molecule has 0 saturated carbocycles. The highest BCUT2D eigenvalue weighted by atomic mass is 32.3. The number of primary amides is 1. The molecule has 4 aromatic rings. The highest BCUT2D eigenvalue weighted by Crippen LogP contribution is 2.52. The zero-order chi connectivity index (χ0) is 32.2. The van der Waals surface area contributed by atoms with Gasteiger partial charge < -0.3 is 19.8 Å². The van der Waals surface area contributed by atoms with Crippen molar-refractivity contribution in [3.8, 4) is 5.75 Å². The van der Waals surface area contributed by atoms with E-state index in [1.54, 1.807) is 24.3 Å². The third-order valence-electron chi connectivity index (χ3n) is 6.50. The predicted octanol–water partition coefficient (Wildman–Crippen LogP) is 5.28. The molecular formula is C29H30F3N5O6S. The average molecular weight is 634 g/mol. The highest BCUT2D eigenvalue weighted by Gasteiger charge is 2.33. The van der Waals surface area contributed by atoms with Crippen molar-refractivity contribution < 1.29 is 41.6 Å². The van der Waals surface area contributed by atoms with Gasteiger partial charge in [0.15, 0.2) is 11.8 Å². The molecule has 0 radical (unpaired) electrons. The molecule has 44 heavy (non-hydrogen) atoms. The van der Waals surface area contributed by atoms with Crippen LogP contribution in [0.3, 0.4) is 0 Å². The summed E-state index contributed by atoms with van der Waals surface area (Å²) in [7, 11) is -2.98. The van der Waals surface area contributed by atoms with Gasteiger partial charge in [-0.2, -0.15) is 13.2 Å². The number of hydrogen-bond acceptors (Lipinski definition) is 8. The molecule has 0 bridgehead atoms. The Morgan fingerprint density at radius 1 is 1.09 bits per heavy atom. The Hall–Kier alpha value is -4.63. The summed E-state index contributed by atoms with van der Waals surface area (Å²) in [5.74, 6) is -1.40. The van der Waals surface area contributed by atoms with Crippen LogP contribution in [0, 0.1) is 6.92 Å². The second-order valence-corrected chi connectivity index (χ2v) is 12.6. The van der Waals surface area contributed by atoms with Crippen LogP contribution in [0.15, 0.2) is 66.0 Å². The standard InChI is InChI=1S/C29H30F3N5O6S/c1-18-23(34-13-12-25(18)43-17-29(30,31)32)16-44(3,41)27-35-22-6-4-5-7-24(22)37(27)28(40)36(14-15-42-19(2)38)21-10-8-20(9-11-21)26(33)39/h4-13,41H,14-17H2,1-3H3,(H2,33,39). The minimum atomic E-state index is -4.54. The number of rotatable bonds is 10. The van der Waals surface area contributed by atoms with Gasteiger partial charge in [-0.1, -0.05) is 22.4 Å². The van der Waals surface area contributed by atoms with E-state index in [0.717, 1.165) is 0 Å². The first-order valence-electron chi connectivity index (χ1n) is 13.1. The number of carbonyl (C=O) groups is 3. The van der Waals surface area contributed by atoms with Crippen LogP contribution < -0.4 is 15.4 Å². The molecule has 2 aromatic carbocycles. The number of benzene rings is 2. The lowest BCUT2D eigenvalue weighted by molar-refractivity contribution is -0.153. The number of fused-ring (bicyclic) bond motifs is 1. The fourth-order valence-corrected chi connectivity index (χ4v) is 6.19.